The van der Waals surface area contributed by atoms with Gasteiger partial charge in [-0.25, -0.2) is 0 Å². The van der Waals surface area contributed by atoms with Gasteiger partial charge in [-0.2, -0.15) is 0 Å². The summed E-state index contributed by atoms with van der Waals surface area (Å²) in [6.45, 7) is 5.75. The predicted octanol–water partition coefficient (Wildman–Crippen LogP) is 4.22. The Kier molecular flexibility index (Phi) is 5.56. The SMILES string of the molecule is C=C(/C=C\N=C(C)C(=O)NC1=CC(c2nncn2C2CC2)CC=C1)c1cnc2cc[nH]c2c1. The first-order chi connectivity index (χ1) is 16.1. The van der Waals surface area contributed by atoms with E-state index in [1.165, 1.54) is 12.8 Å². The van der Waals surface area contributed by atoms with Gasteiger partial charge in [-0.05, 0) is 62.1 Å². The molecule has 3 aromatic rings. The third-order valence-electron chi connectivity index (χ3n) is 5.84. The maximum absolute atomic E-state index is 12.6. The zero-order valence-electron chi connectivity index (χ0n) is 18.4. The van der Waals surface area contributed by atoms with E-state index < -0.39 is 0 Å². The van der Waals surface area contributed by atoms with Crippen LogP contribution in [0.3, 0.4) is 0 Å². The number of aliphatic imine (C=N–C) groups is 1. The fourth-order valence-corrected chi connectivity index (χ4v) is 3.82. The Morgan fingerprint density at radius 1 is 1.39 bits per heavy atom. The summed E-state index contributed by atoms with van der Waals surface area (Å²) in [6, 6.07) is 4.42. The number of nitrogens with one attached hydrogen (secondary N) is 2. The van der Waals surface area contributed by atoms with Crippen molar-refractivity contribution in [3.05, 3.63) is 85.0 Å². The number of fused-ring (bicyclic) bond motifs is 1. The van der Waals surface area contributed by atoms with Crippen molar-refractivity contribution in [1.82, 2.24) is 30.0 Å². The molecule has 2 aliphatic carbocycles. The Bertz CT molecular complexity index is 1330. The third kappa shape index (κ3) is 4.59. The maximum atomic E-state index is 12.6. The van der Waals surface area contributed by atoms with Crippen molar-refractivity contribution >= 4 is 28.2 Å². The molecule has 1 amide bonds. The Morgan fingerprint density at radius 3 is 3.12 bits per heavy atom. The van der Waals surface area contributed by atoms with Crippen LogP contribution in [0.5, 0.6) is 0 Å². The molecule has 8 nitrogen and oxygen atoms in total. The minimum Gasteiger partial charge on any atom is -0.360 e. The zero-order chi connectivity index (χ0) is 22.8. The van der Waals surface area contributed by atoms with Crippen molar-refractivity contribution in [2.24, 2.45) is 4.99 Å². The number of pyridine rings is 1. The lowest BCUT2D eigenvalue weighted by Crippen LogP contribution is -2.29. The lowest BCUT2D eigenvalue weighted by molar-refractivity contribution is -0.114. The molecular formula is C25H25N7O. The Labute approximate surface area is 191 Å². The predicted molar refractivity (Wildman–Crippen MR) is 128 cm³/mol. The van der Waals surface area contributed by atoms with Gasteiger partial charge in [0.15, 0.2) is 0 Å². The number of rotatable bonds is 7. The van der Waals surface area contributed by atoms with Gasteiger partial charge < -0.3 is 14.9 Å². The largest absolute Gasteiger partial charge is 0.360 e. The number of carbonyl (C=O) groups is 1. The molecule has 0 spiro atoms. The van der Waals surface area contributed by atoms with Crippen molar-refractivity contribution in [2.75, 3.05) is 0 Å². The van der Waals surface area contributed by atoms with E-state index in [2.05, 4.69) is 47.7 Å². The molecule has 3 aromatic heterocycles. The van der Waals surface area contributed by atoms with Gasteiger partial charge in [0.25, 0.3) is 5.91 Å². The number of aromatic amines is 1. The van der Waals surface area contributed by atoms with Gasteiger partial charge in [0, 0.05) is 41.8 Å². The molecule has 33 heavy (non-hydrogen) atoms. The third-order valence-corrected chi connectivity index (χ3v) is 5.84. The number of hydrogen-bond donors (Lipinski definition) is 2. The van der Waals surface area contributed by atoms with Gasteiger partial charge in [0.1, 0.15) is 17.9 Å². The summed E-state index contributed by atoms with van der Waals surface area (Å²) in [6.07, 6.45) is 18.0. The number of hydrogen-bond acceptors (Lipinski definition) is 5. The van der Waals surface area contributed by atoms with E-state index >= 15 is 0 Å². The van der Waals surface area contributed by atoms with Gasteiger partial charge in [-0.15, -0.1) is 10.2 Å². The number of H-pyrrole nitrogens is 1. The van der Waals surface area contributed by atoms with Crippen LogP contribution in [0.4, 0.5) is 0 Å². The molecule has 0 aliphatic heterocycles. The van der Waals surface area contributed by atoms with Crippen LogP contribution < -0.4 is 5.32 Å². The molecule has 0 aromatic carbocycles. The van der Waals surface area contributed by atoms with E-state index in [4.69, 9.17) is 0 Å². The lowest BCUT2D eigenvalue weighted by Gasteiger charge is -2.17. The molecule has 1 atom stereocenters. The smallest absolute Gasteiger partial charge is 0.269 e. The topological polar surface area (TPSA) is 101 Å². The summed E-state index contributed by atoms with van der Waals surface area (Å²) in [5, 5.41) is 11.3. The average molecular weight is 440 g/mol. The van der Waals surface area contributed by atoms with Crippen molar-refractivity contribution < 1.29 is 4.79 Å². The second kappa shape index (κ2) is 8.82. The van der Waals surface area contributed by atoms with Crippen molar-refractivity contribution in [1.29, 1.82) is 0 Å². The van der Waals surface area contributed by atoms with Crippen molar-refractivity contribution in [3.63, 3.8) is 0 Å². The van der Waals surface area contributed by atoms with Crippen LogP contribution in [-0.4, -0.2) is 36.4 Å². The van der Waals surface area contributed by atoms with E-state index in [1.807, 2.05) is 30.5 Å². The number of nitrogens with zero attached hydrogens (tertiary/aromatic N) is 5. The molecule has 2 aliphatic rings. The highest BCUT2D eigenvalue weighted by Crippen LogP contribution is 2.38. The first-order valence-corrected chi connectivity index (χ1v) is 11.0. The van der Waals surface area contributed by atoms with Crippen LogP contribution in [0, 0.1) is 0 Å². The summed E-state index contributed by atoms with van der Waals surface area (Å²) >= 11 is 0. The number of amides is 1. The number of carbonyl (C=O) groups excluding carboxylic acids is 1. The maximum Gasteiger partial charge on any atom is 0.269 e. The highest BCUT2D eigenvalue weighted by Gasteiger charge is 2.29. The fourth-order valence-electron chi connectivity index (χ4n) is 3.82. The minimum atomic E-state index is -0.250. The second-order valence-electron chi connectivity index (χ2n) is 8.34. The van der Waals surface area contributed by atoms with E-state index in [0.717, 1.165) is 40.1 Å². The standard InChI is InChI=1S/C25H25N7O/c1-16(19-13-23-22(28-14-19)9-11-27-23)8-10-26-17(2)25(33)30-20-5-3-4-18(12-20)24-31-29-15-32(24)21-6-7-21/h3,5,8-15,18,21,27H,1,4,6-7H2,2H3,(H,30,33)/b10-8-,26-17?. The molecule has 2 N–H and O–H groups in total. The lowest BCUT2D eigenvalue weighted by atomic mass is 9.98. The average Bonchev–Trinajstić information content (AvgIpc) is 3.35. The van der Waals surface area contributed by atoms with Gasteiger partial charge >= 0.3 is 0 Å². The Balaban J connectivity index is 1.22. The van der Waals surface area contributed by atoms with Crippen LogP contribution in [0.25, 0.3) is 16.6 Å². The summed E-state index contributed by atoms with van der Waals surface area (Å²) < 4.78 is 2.16. The van der Waals surface area contributed by atoms with Crippen LogP contribution in [-0.2, 0) is 4.79 Å². The fraction of sp³-hybridized carbons (Fsp3) is 0.240. The molecule has 0 saturated heterocycles. The number of aromatic nitrogens is 5. The van der Waals surface area contributed by atoms with Gasteiger partial charge in [-0.3, -0.25) is 14.8 Å². The minimum absolute atomic E-state index is 0.0967. The molecule has 1 fully saturated rings. The quantitative estimate of drug-likeness (QED) is 0.425. The van der Waals surface area contributed by atoms with E-state index in [1.54, 1.807) is 31.7 Å². The van der Waals surface area contributed by atoms with E-state index in [0.29, 0.717) is 11.8 Å². The van der Waals surface area contributed by atoms with Crippen LogP contribution in [0.1, 0.15) is 49.5 Å². The van der Waals surface area contributed by atoms with Gasteiger partial charge in [0.05, 0.1) is 11.0 Å². The molecule has 8 heteroatoms. The molecule has 1 saturated carbocycles. The van der Waals surface area contributed by atoms with E-state index in [9.17, 15) is 4.79 Å². The first kappa shape index (κ1) is 20.8. The van der Waals surface area contributed by atoms with Crippen LogP contribution in [0.15, 0.2) is 78.6 Å². The summed E-state index contributed by atoms with van der Waals surface area (Å²) in [5.74, 6) is 0.798. The van der Waals surface area contributed by atoms with E-state index in [-0.39, 0.29) is 11.8 Å². The second-order valence-corrected chi connectivity index (χ2v) is 8.34. The van der Waals surface area contributed by atoms with Crippen molar-refractivity contribution in [3.8, 4) is 0 Å². The molecule has 0 radical (unpaired) electrons. The normalized spacial score (nSPS) is 18.6. The molecule has 3 heterocycles. The molecule has 0 bridgehead atoms. The highest BCUT2D eigenvalue weighted by molar-refractivity contribution is 6.38. The van der Waals surface area contributed by atoms with Crippen LogP contribution >= 0.6 is 0 Å². The Hall–Kier alpha value is -4.07. The monoisotopic (exact) mass is 439 g/mol. The molecule has 1 unspecified atom stereocenters. The summed E-state index contributed by atoms with van der Waals surface area (Å²) in [7, 11) is 0. The summed E-state index contributed by atoms with van der Waals surface area (Å²) in [5.41, 5.74) is 4.60. The summed E-state index contributed by atoms with van der Waals surface area (Å²) in [4.78, 5) is 24.4. The first-order valence-electron chi connectivity index (χ1n) is 11.0. The van der Waals surface area contributed by atoms with Gasteiger partial charge in [-0.1, -0.05) is 12.7 Å². The van der Waals surface area contributed by atoms with Crippen molar-refractivity contribution in [2.45, 2.75) is 38.1 Å². The number of allylic oxidation sites excluding steroid dienone is 5. The Morgan fingerprint density at radius 2 is 2.27 bits per heavy atom. The molecular weight excluding hydrogens is 414 g/mol. The van der Waals surface area contributed by atoms with Crippen LogP contribution in [0.2, 0.25) is 0 Å². The zero-order valence-corrected chi connectivity index (χ0v) is 18.4. The molecule has 5 rings (SSSR count). The molecule has 166 valence electrons. The van der Waals surface area contributed by atoms with Gasteiger partial charge in [0.2, 0.25) is 0 Å². The highest BCUT2D eigenvalue weighted by atomic mass is 16.1.